The zero-order valence-corrected chi connectivity index (χ0v) is 10.4. The van der Waals surface area contributed by atoms with E-state index in [2.05, 4.69) is 37.2 Å². The van der Waals surface area contributed by atoms with E-state index in [1.54, 1.807) is 6.92 Å². The van der Waals surface area contributed by atoms with Crippen LogP contribution in [0.3, 0.4) is 0 Å². The van der Waals surface area contributed by atoms with Gasteiger partial charge >= 0.3 is 0 Å². The van der Waals surface area contributed by atoms with Gasteiger partial charge in [-0.25, -0.2) is 0 Å². The van der Waals surface area contributed by atoms with Gasteiger partial charge in [-0.3, -0.25) is 0 Å². The number of benzene rings is 1. The van der Waals surface area contributed by atoms with Crippen LogP contribution in [0.15, 0.2) is 27.1 Å². The summed E-state index contributed by atoms with van der Waals surface area (Å²) in [5, 5.41) is 12.2. The van der Waals surface area contributed by atoms with Crippen molar-refractivity contribution < 1.29 is 5.11 Å². The highest BCUT2D eigenvalue weighted by Gasteiger charge is 2.00. The Balaban J connectivity index is 2.67. The van der Waals surface area contributed by atoms with Gasteiger partial charge in [-0.05, 0) is 41.1 Å². The zero-order valence-electron chi connectivity index (χ0n) is 7.22. The Morgan fingerprint density at radius 2 is 2.15 bits per heavy atom. The lowest BCUT2D eigenvalue weighted by Crippen LogP contribution is -2.15. The average molecular weight is 309 g/mol. The Morgan fingerprint density at radius 3 is 2.69 bits per heavy atom. The molecule has 13 heavy (non-hydrogen) atoms. The molecule has 4 heteroatoms. The molecule has 1 rings (SSSR count). The molecule has 2 nitrogen and oxygen atoms in total. The number of rotatable bonds is 3. The summed E-state index contributed by atoms with van der Waals surface area (Å²) < 4.78 is 2.02. The average Bonchev–Trinajstić information content (AvgIpc) is 2.02. The molecule has 0 saturated heterocycles. The van der Waals surface area contributed by atoms with E-state index in [-0.39, 0.29) is 6.10 Å². The number of hydrogen-bond donors (Lipinski definition) is 2. The molecular weight excluding hydrogens is 298 g/mol. The van der Waals surface area contributed by atoms with Crippen molar-refractivity contribution in [3.05, 3.63) is 27.1 Å². The molecule has 0 spiro atoms. The van der Waals surface area contributed by atoms with Crippen molar-refractivity contribution >= 4 is 37.5 Å². The van der Waals surface area contributed by atoms with Gasteiger partial charge in [0.25, 0.3) is 0 Å². The number of aliphatic hydroxyl groups excluding tert-OH is 1. The highest BCUT2D eigenvalue weighted by Crippen LogP contribution is 2.25. The minimum Gasteiger partial charge on any atom is -0.392 e. The Hall–Kier alpha value is -0.0600. The smallest absolute Gasteiger partial charge is 0.0684 e. The van der Waals surface area contributed by atoms with Crippen molar-refractivity contribution in [3.8, 4) is 0 Å². The number of anilines is 1. The topological polar surface area (TPSA) is 32.3 Å². The van der Waals surface area contributed by atoms with E-state index in [4.69, 9.17) is 5.11 Å². The van der Waals surface area contributed by atoms with E-state index in [0.29, 0.717) is 6.54 Å². The fraction of sp³-hybridized carbons (Fsp3) is 0.333. The van der Waals surface area contributed by atoms with Crippen LogP contribution in [0.5, 0.6) is 0 Å². The second kappa shape index (κ2) is 4.98. The summed E-state index contributed by atoms with van der Waals surface area (Å²) in [7, 11) is 0. The van der Waals surface area contributed by atoms with E-state index in [0.717, 1.165) is 14.6 Å². The van der Waals surface area contributed by atoms with Crippen LogP contribution in [-0.4, -0.2) is 17.8 Å². The summed E-state index contributed by atoms with van der Waals surface area (Å²) in [6, 6.07) is 5.87. The zero-order chi connectivity index (χ0) is 9.84. The Kier molecular flexibility index (Phi) is 4.22. The quantitative estimate of drug-likeness (QED) is 0.899. The summed E-state index contributed by atoms with van der Waals surface area (Å²) in [6.07, 6.45) is -0.337. The molecule has 0 amide bonds. The number of halogens is 2. The molecule has 1 aromatic rings. The van der Waals surface area contributed by atoms with Gasteiger partial charge in [0.2, 0.25) is 0 Å². The second-order valence-electron chi connectivity index (χ2n) is 2.85. The number of hydrogen-bond acceptors (Lipinski definition) is 2. The van der Waals surface area contributed by atoms with Crippen molar-refractivity contribution in [1.29, 1.82) is 0 Å². The maximum absolute atomic E-state index is 9.07. The Labute approximate surface area is 94.6 Å². The molecule has 0 fully saturated rings. The monoisotopic (exact) mass is 307 g/mol. The van der Waals surface area contributed by atoms with E-state index >= 15 is 0 Å². The molecule has 2 N–H and O–H groups in total. The fourth-order valence-electron chi connectivity index (χ4n) is 0.891. The van der Waals surface area contributed by atoms with Gasteiger partial charge in [0.15, 0.2) is 0 Å². The lowest BCUT2D eigenvalue weighted by molar-refractivity contribution is 0.208. The summed E-state index contributed by atoms with van der Waals surface area (Å²) in [5.74, 6) is 0. The van der Waals surface area contributed by atoms with Crippen molar-refractivity contribution in [2.24, 2.45) is 0 Å². The van der Waals surface area contributed by atoms with Crippen LogP contribution >= 0.6 is 31.9 Å². The highest BCUT2D eigenvalue weighted by atomic mass is 79.9. The minimum atomic E-state index is -0.337. The van der Waals surface area contributed by atoms with Crippen molar-refractivity contribution in [1.82, 2.24) is 0 Å². The molecule has 72 valence electrons. The van der Waals surface area contributed by atoms with Crippen LogP contribution in [0.1, 0.15) is 6.92 Å². The minimum absolute atomic E-state index is 0.337. The molecule has 0 aliphatic rings. The third-order valence-electron chi connectivity index (χ3n) is 1.52. The molecule has 0 saturated carbocycles. The summed E-state index contributed by atoms with van der Waals surface area (Å²) in [4.78, 5) is 0. The summed E-state index contributed by atoms with van der Waals surface area (Å²) >= 11 is 6.79. The van der Waals surface area contributed by atoms with Crippen LogP contribution in [0.2, 0.25) is 0 Å². The molecule has 0 radical (unpaired) electrons. The third-order valence-corrected chi connectivity index (χ3v) is 2.67. The molecule has 0 aromatic heterocycles. The van der Waals surface area contributed by atoms with E-state index in [9.17, 15) is 0 Å². The molecule has 1 aromatic carbocycles. The van der Waals surface area contributed by atoms with E-state index in [1.807, 2.05) is 18.2 Å². The number of aliphatic hydroxyl groups is 1. The lowest BCUT2D eigenvalue weighted by Gasteiger charge is -2.10. The van der Waals surface area contributed by atoms with Gasteiger partial charge in [-0.1, -0.05) is 15.9 Å². The van der Waals surface area contributed by atoms with Crippen LogP contribution in [0, 0.1) is 0 Å². The van der Waals surface area contributed by atoms with Crippen LogP contribution in [-0.2, 0) is 0 Å². The van der Waals surface area contributed by atoms with Gasteiger partial charge in [0, 0.05) is 21.2 Å². The Morgan fingerprint density at radius 1 is 1.46 bits per heavy atom. The standard InChI is InChI=1S/C9H11Br2NO/c1-6(13)5-12-9-3-2-7(10)4-8(9)11/h2-4,6,12-13H,5H2,1H3. The van der Waals surface area contributed by atoms with Crippen LogP contribution < -0.4 is 5.32 Å². The van der Waals surface area contributed by atoms with Gasteiger partial charge < -0.3 is 10.4 Å². The highest BCUT2D eigenvalue weighted by molar-refractivity contribution is 9.11. The van der Waals surface area contributed by atoms with Gasteiger partial charge in [0.1, 0.15) is 0 Å². The van der Waals surface area contributed by atoms with Gasteiger partial charge in [0.05, 0.1) is 6.10 Å². The first-order valence-corrected chi connectivity index (χ1v) is 5.55. The maximum atomic E-state index is 9.07. The first-order valence-electron chi connectivity index (χ1n) is 3.96. The number of nitrogens with one attached hydrogen (secondary N) is 1. The Bertz CT molecular complexity index is 289. The molecular formula is C9H11Br2NO. The predicted octanol–water partition coefficient (Wildman–Crippen LogP) is 3.00. The summed E-state index contributed by atoms with van der Waals surface area (Å²) in [6.45, 7) is 2.31. The normalized spacial score (nSPS) is 12.6. The fourth-order valence-corrected chi connectivity index (χ4v) is 2.08. The van der Waals surface area contributed by atoms with E-state index in [1.165, 1.54) is 0 Å². The molecule has 0 bridgehead atoms. The van der Waals surface area contributed by atoms with Crippen molar-refractivity contribution in [2.45, 2.75) is 13.0 Å². The summed E-state index contributed by atoms with van der Waals surface area (Å²) in [5.41, 5.74) is 0.990. The molecule has 0 aliphatic heterocycles. The first-order chi connectivity index (χ1) is 6.09. The SMILES string of the molecule is CC(O)CNc1ccc(Br)cc1Br. The predicted molar refractivity (Wildman–Crippen MR) is 62.0 cm³/mol. The van der Waals surface area contributed by atoms with Gasteiger partial charge in [-0.2, -0.15) is 0 Å². The van der Waals surface area contributed by atoms with Crippen molar-refractivity contribution in [3.63, 3.8) is 0 Å². The van der Waals surface area contributed by atoms with Crippen LogP contribution in [0.4, 0.5) is 5.69 Å². The molecule has 1 atom stereocenters. The van der Waals surface area contributed by atoms with E-state index < -0.39 is 0 Å². The first kappa shape index (κ1) is 11.0. The van der Waals surface area contributed by atoms with Gasteiger partial charge in [-0.15, -0.1) is 0 Å². The molecule has 1 unspecified atom stereocenters. The maximum Gasteiger partial charge on any atom is 0.0684 e. The second-order valence-corrected chi connectivity index (χ2v) is 4.62. The van der Waals surface area contributed by atoms with Crippen molar-refractivity contribution in [2.75, 3.05) is 11.9 Å². The molecule has 0 aliphatic carbocycles. The largest absolute Gasteiger partial charge is 0.392 e. The lowest BCUT2D eigenvalue weighted by atomic mass is 10.3. The third kappa shape index (κ3) is 3.67. The molecule has 0 heterocycles. The van der Waals surface area contributed by atoms with Crippen LogP contribution in [0.25, 0.3) is 0 Å².